The lowest BCUT2D eigenvalue weighted by molar-refractivity contribution is -0.168. The van der Waals surface area contributed by atoms with E-state index in [1.165, 1.54) is 0 Å². The van der Waals surface area contributed by atoms with Gasteiger partial charge in [-0.2, -0.15) is 13.2 Å². The topological polar surface area (TPSA) is 158 Å². The predicted octanol–water partition coefficient (Wildman–Crippen LogP) is 4.02. The van der Waals surface area contributed by atoms with Crippen molar-refractivity contribution in [1.82, 2.24) is 21.3 Å². The molecule has 0 radical (unpaired) electrons. The van der Waals surface area contributed by atoms with Crippen molar-refractivity contribution in [3.8, 4) is 0 Å². The first-order valence-electron chi connectivity index (χ1n) is 16.1. The van der Waals surface area contributed by atoms with Crippen molar-refractivity contribution >= 4 is 18.1 Å². The Morgan fingerprint density at radius 1 is 0.660 bits per heavy atom. The van der Waals surface area contributed by atoms with Gasteiger partial charge in [-0.1, -0.05) is 91.0 Å². The number of aliphatic hydroxyl groups is 2. The standard InChI is InChI=1S/C36H45F3N4O7/c1-35(2,3)50-34(48)42-28(20-25-15-9-5-10-16-25)30(45)22-40-21-29(44)27(19-24-13-7-4-8-14-24)41-32(46)31(36(37,38)39)43-33(47)49-23-26-17-11-6-12-18-26/h4-18,27-31,40,44-45H,19-23H2,1-3H3,(H,41,46)(H,42,48)(H,43,47)/t27-,28-,29+,30+,31?/m0/s1. The van der Waals surface area contributed by atoms with Crippen LogP contribution in [0.3, 0.4) is 0 Å². The van der Waals surface area contributed by atoms with E-state index < -0.39 is 60.2 Å². The molecule has 0 saturated heterocycles. The van der Waals surface area contributed by atoms with Gasteiger partial charge in [0.25, 0.3) is 5.91 Å². The van der Waals surface area contributed by atoms with Gasteiger partial charge in [0.15, 0.2) is 0 Å². The van der Waals surface area contributed by atoms with Crippen LogP contribution in [-0.4, -0.2) is 83.5 Å². The first kappa shape index (κ1) is 39.8. The Balaban J connectivity index is 1.68. The normalized spacial score (nSPS) is 14.7. The molecule has 50 heavy (non-hydrogen) atoms. The van der Waals surface area contributed by atoms with Crippen LogP contribution in [0.15, 0.2) is 91.0 Å². The number of aliphatic hydroxyl groups excluding tert-OH is 2. The van der Waals surface area contributed by atoms with Crippen LogP contribution >= 0.6 is 0 Å². The molecule has 5 atom stereocenters. The molecule has 0 bridgehead atoms. The molecule has 6 N–H and O–H groups in total. The Bertz CT molecular complexity index is 1480. The highest BCUT2D eigenvalue weighted by atomic mass is 19.4. The second-order valence-electron chi connectivity index (χ2n) is 12.7. The van der Waals surface area contributed by atoms with E-state index in [2.05, 4.69) is 16.0 Å². The number of halogens is 3. The predicted molar refractivity (Wildman–Crippen MR) is 180 cm³/mol. The highest BCUT2D eigenvalue weighted by Gasteiger charge is 2.47. The molecule has 3 aromatic rings. The summed E-state index contributed by atoms with van der Waals surface area (Å²) in [6, 6.07) is 20.9. The third-order valence-corrected chi connectivity index (χ3v) is 7.33. The molecular weight excluding hydrogens is 657 g/mol. The van der Waals surface area contributed by atoms with Crippen molar-refractivity contribution in [2.45, 2.75) is 82.3 Å². The van der Waals surface area contributed by atoms with Gasteiger partial charge in [-0.15, -0.1) is 0 Å². The van der Waals surface area contributed by atoms with Gasteiger partial charge in [-0.05, 0) is 50.3 Å². The zero-order valence-corrected chi connectivity index (χ0v) is 28.2. The third kappa shape index (κ3) is 14.4. The first-order valence-corrected chi connectivity index (χ1v) is 16.1. The minimum absolute atomic E-state index is 0.0577. The number of amides is 3. The SMILES string of the molecule is CC(C)(C)OC(=O)N[C@@H](Cc1ccccc1)[C@H](O)CNC[C@@H](O)[C@H](Cc1ccccc1)NC(=O)C(NC(=O)OCc1ccccc1)C(F)(F)F. The molecule has 11 nitrogen and oxygen atoms in total. The van der Waals surface area contributed by atoms with E-state index in [1.807, 2.05) is 30.3 Å². The Morgan fingerprint density at radius 2 is 1.10 bits per heavy atom. The number of rotatable bonds is 16. The molecule has 1 unspecified atom stereocenters. The molecule has 0 spiro atoms. The summed E-state index contributed by atoms with van der Waals surface area (Å²) in [5.41, 5.74) is 1.19. The van der Waals surface area contributed by atoms with Gasteiger partial charge in [0.05, 0.1) is 24.3 Å². The number of hydrogen-bond donors (Lipinski definition) is 6. The summed E-state index contributed by atoms with van der Waals surface area (Å²) in [7, 11) is 0. The number of hydrogen-bond acceptors (Lipinski definition) is 8. The zero-order chi connectivity index (χ0) is 36.7. The van der Waals surface area contributed by atoms with Gasteiger partial charge in [0.2, 0.25) is 6.04 Å². The van der Waals surface area contributed by atoms with Crippen molar-refractivity contribution < 1.29 is 47.2 Å². The summed E-state index contributed by atoms with van der Waals surface area (Å²) in [5, 5.41) is 31.5. The fourth-order valence-electron chi connectivity index (χ4n) is 4.87. The van der Waals surface area contributed by atoms with E-state index in [1.54, 1.807) is 86.8 Å². The maximum absolute atomic E-state index is 14.0. The molecule has 0 aromatic heterocycles. The number of alkyl halides is 3. The molecule has 0 aliphatic heterocycles. The van der Waals surface area contributed by atoms with Crippen LogP contribution in [0, 0.1) is 0 Å². The lowest BCUT2D eigenvalue weighted by atomic mass is 9.99. The van der Waals surface area contributed by atoms with Crippen LogP contribution in [0.5, 0.6) is 0 Å². The van der Waals surface area contributed by atoms with E-state index in [4.69, 9.17) is 9.47 Å². The Hall–Kier alpha value is -4.66. The summed E-state index contributed by atoms with van der Waals surface area (Å²) < 4.78 is 52.2. The van der Waals surface area contributed by atoms with E-state index in [0.29, 0.717) is 11.1 Å². The van der Waals surface area contributed by atoms with Gasteiger partial charge in [-0.3, -0.25) is 4.79 Å². The molecule has 14 heteroatoms. The molecule has 0 heterocycles. The zero-order valence-electron chi connectivity index (χ0n) is 28.2. The van der Waals surface area contributed by atoms with Crippen molar-refractivity contribution in [1.29, 1.82) is 0 Å². The molecule has 0 aliphatic carbocycles. The number of alkyl carbamates (subject to hydrolysis) is 2. The monoisotopic (exact) mass is 702 g/mol. The molecule has 0 aliphatic rings. The maximum atomic E-state index is 14.0. The Kier molecular flexibility index (Phi) is 15.1. The van der Waals surface area contributed by atoms with Gasteiger partial charge in [0.1, 0.15) is 12.2 Å². The minimum Gasteiger partial charge on any atom is -0.445 e. The second-order valence-corrected chi connectivity index (χ2v) is 12.7. The van der Waals surface area contributed by atoms with Gasteiger partial charge in [0, 0.05) is 13.1 Å². The fraction of sp³-hybridized carbons (Fsp3) is 0.417. The number of ether oxygens (including phenoxy) is 2. The Labute approximate surface area is 289 Å². The number of benzene rings is 3. The smallest absolute Gasteiger partial charge is 0.417 e. The summed E-state index contributed by atoms with van der Waals surface area (Å²) in [5.74, 6) is -1.60. The number of carbonyl (C=O) groups excluding carboxylic acids is 3. The average molecular weight is 703 g/mol. The van der Waals surface area contributed by atoms with E-state index >= 15 is 0 Å². The quantitative estimate of drug-likeness (QED) is 0.131. The van der Waals surface area contributed by atoms with Crippen LogP contribution in [0.25, 0.3) is 0 Å². The molecule has 0 saturated carbocycles. The van der Waals surface area contributed by atoms with Gasteiger partial charge >= 0.3 is 18.4 Å². The van der Waals surface area contributed by atoms with E-state index in [-0.39, 0.29) is 32.5 Å². The number of carbonyl (C=O) groups is 3. The van der Waals surface area contributed by atoms with Gasteiger partial charge < -0.3 is 41.0 Å². The summed E-state index contributed by atoms with van der Waals surface area (Å²) in [4.78, 5) is 37.8. The maximum Gasteiger partial charge on any atom is 0.417 e. The van der Waals surface area contributed by atoms with Crippen molar-refractivity contribution in [2.24, 2.45) is 0 Å². The average Bonchev–Trinajstić information content (AvgIpc) is 3.05. The van der Waals surface area contributed by atoms with E-state index in [9.17, 15) is 37.8 Å². The van der Waals surface area contributed by atoms with Crippen molar-refractivity contribution in [3.63, 3.8) is 0 Å². The lowest BCUT2D eigenvalue weighted by Crippen LogP contribution is -2.59. The molecule has 3 rings (SSSR count). The van der Waals surface area contributed by atoms with Crippen LogP contribution in [0.2, 0.25) is 0 Å². The highest BCUT2D eigenvalue weighted by molar-refractivity contribution is 5.86. The highest BCUT2D eigenvalue weighted by Crippen LogP contribution is 2.21. The number of nitrogens with one attached hydrogen (secondary N) is 4. The second kappa shape index (κ2) is 18.9. The Morgan fingerprint density at radius 3 is 1.54 bits per heavy atom. The molecule has 3 amide bonds. The minimum atomic E-state index is -5.19. The molecular formula is C36H45F3N4O7. The molecule has 3 aromatic carbocycles. The molecule has 272 valence electrons. The summed E-state index contributed by atoms with van der Waals surface area (Å²) >= 11 is 0. The van der Waals surface area contributed by atoms with Crippen molar-refractivity contribution in [3.05, 3.63) is 108 Å². The fourth-order valence-corrected chi connectivity index (χ4v) is 4.87. The van der Waals surface area contributed by atoms with Crippen LogP contribution in [0.4, 0.5) is 22.8 Å². The van der Waals surface area contributed by atoms with Crippen molar-refractivity contribution in [2.75, 3.05) is 13.1 Å². The van der Waals surface area contributed by atoms with Gasteiger partial charge in [-0.25, -0.2) is 9.59 Å². The third-order valence-electron chi connectivity index (χ3n) is 7.33. The van der Waals surface area contributed by atoms with Crippen LogP contribution in [0.1, 0.15) is 37.5 Å². The first-order chi connectivity index (χ1) is 23.6. The summed E-state index contributed by atoms with van der Waals surface area (Å²) in [6.45, 7) is 4.39. The largest absolute Gasteiger partial charge is 0.445 e. The van der Waals surface area contributed by atoms with Crippen LogP contribution in [-0.2, 0) is 33.7 Å². The van der Waals surface area contributed by atoms with E-state index in [0.717, 1.165) is 5.56 Å². The molecule has 0 fully saturated rings. The lowest BCUT2D eigenvalue weighted by Gasteiger charge is -2.29. The van der Waals surface area contributed by atoms with Crippen LogP contribution < -0.4 is 21.3 Å². The summed E-state index contributed by atoms with van der Waals surface area (Å²) in [6.07, 6.45) is -9.81.